The molecule has 5 atom stereocenters. The molecule has 0 spiro atoms. The summed E-state index contributed by atoms with van der Waals surface area (Å²) in [5, 5.41) is 12.8. The van der Waals surface area contributed by atoms with Gasteiger partial charge < -0.3 is 9.85 Å². The molecule has 0 amide bonds. The molecule has 3 aliphatic rings. The maximum absolute atomic E-state index is 12.8. The second-order valence-electron chi connectivity index (χ2n) is 5.71. The van der Waals surface area contributed by atoms with E-state index in [2.05, 4.69) is 6.92 Å². The van der Waals surface area contributed by atoms with E-state index in [1.807, 2.05) is 0 Å². The van der Waals surface area contributed by atoms with Crippen molar-refractivity contribution in [3.63, 3.8) is 0 Å². The van der Waals surface area contributed by atoms with E-state index in [1.165, 1.54) is 6.42 Å². The molecular formula is C12H19NO2. The molecule has 0 radical (unpaired) electrons. The van der Waals surface area contributed by atoms with Crippen LogP contribution in [0, 0.1) is 17.0 Å². The van der Waals surface area contributed by atoms with Crippen LogP contribution in [0.3, 0.4) is 0 Å². The second-order valence-corrected chi connectivity index (χ2v) is 5.71. The Morgan fingerprint density at radius 1 is 1.40 bits per heavy atom. The van der Waals surface area contributed by atoms with E-state index >= 15 is 0 Å². The lowest BCUT2D eigenvalue weighted by atomic mass is 9.97. The number of ketones is 1. The molecule has 0 aromatic carbocycles. The summed E-state index contributed by atoms with van der Waals surface area (Å²) in [5.41, 5.74) is 0. The lowest BCUT2D eigenvalue weighted by Gasteiger charge is -2.52. The van der Waals surface area contributed by atoms with E-state index < -0.39 is 0 Å². The van der Waals surface area contributed by atoms with Crippen molar-refractivity contribution in [2.45, 2.75) is 51.1 Å². The zero-order valence-corrected chi connectivity index (χ0v) is 9.32. The molecule has 0 bridgehead atoms. The number of carbonyl (C=O) groups is 1. The van der Waals surface area contributed by atoms with E-state index in [1.54, 1.807) is 0 Å². The van der Waals surface area contributed by atoms with Crippen LogP contribution < -0.4 is 0 Å². The van der Waals surface area contributed by atoms with Gasteiger partial charge in [0.15, 0.2) is 0 Å². The highest BCUT2D eigenvalue weighted by molar-refractivity contribution is 5.84. The van der Waals surface area contributed by atoms with Crippen LogP contribution in [0.25, 0.3) is 0 Å². The van der Waals surface area contributed by atoms with Crippen molar-refractivity contribution in [1.82, 2.24) is 0 Å². The summed E-state index contributed by atoms with van der Waals surface area (Å²) in [6.45, 7) is 2.86. The number of hydrogen-bond acceptors (Lipinski definition) is 2. The van der Waals surface area contributed by atoms with Gasteiger partial charge in [-0.15, -0.1) is 0 Å². The summed E-state index contributed by atoms with van der Waals surface area (Å²) in [6, 6.07) is 0.364. The summed E-state index contributed by atoms with van der Waals surface area (Å²) in [7, 11) is 0. The molecule has 0 aromatic rings. The van der Waals surface area contributed by atoms with Crippen LogP contribution in [-0.4, -0.2) is 29.1 Å². The highest BCUT2D eigenvalue weighted by Gasteiger charge is 2.58. The Kier molecular flexibility index (Phi) is 1.99. The van der Waals surface area contributed by atoms with Gasteiger partial charge in [-0.25, -0.2) is 0 Å². The van der Waals surface area contributed by atoms with Gasteiger partial charge in [0, 0.05) is 18.8 Å². The van der Waals surface area contributed by atoms with Gasteiger partial charge in [-0.1, -0.05) is 6.92 Å². The minimum Gasteiger partial charge on any atom is -0.632 e. The summed E-state index contributed by atoms with van der Waals surface area (Å²) < 4.78 is -0.0163. The molecule has 2 saturated heterocycles. The second kappa shape index (κ2) is 3.05. The van der Waals surface area contributed by atoms with Crippen molar-refractivity contribution >= 4 is 5.78 Å². The van der Waals surface area contributed by atoms with E-state index in [-0.39, 0.29) is 22.6 Å². The van der Waals surface area contributed by atoms with E-state index in [9.17, 15) is 10.0 Å². The average Bonchev–Trinajstić information content (AvgIpc) is 2.63. The lowest BCUT2D eigenvalue weighted by Crippen LogP contribution is -2.56. The number of nitrogens with zero attached hydrogens (tertiary/aromatic N) is 1. The zero-order valence-electron chi connectivity index (χ0n) is 9.32. The first-order valence-corrected chi connectivity index (χ1v) is 6.24. The van der Waals surface area contributed by atoms with E-state index in [4.69, 9.17) is 0 Å². The maximum Gasteiger partial charge on any atom is 0.142 e. The zero-order chi connectivity index (χ0) is 10.6. The Bertz CT molecular complexity index is 304. The number of Topliss-reactive ketones (excluding diaryl/α,β-unsaturated/α-hetero) is 1. The molecule has 2 unspecified atom stereocenters. The fraction of sp³-hybridized carbons (Fsp3) is 0.917. The van der Waals surface area contributed by atoms with Crippen molar-refractivity contribution in [3.05, 3.63) is 5.21 Å². The molecule has 0 aromatic heterocycles. The Morgan fingerprint density at radius 2 is 2.20 bits per heavy atom. The quantitative estimate of drug-likeness (QED) is 0.451. The van der Waals surface area contributed by atoms with Gasteiger partial charge in [-0.3, -0.25) is 4.79 Å². The predicted molar refractivity (Wildman–Crippen MR) is 56.8 cm³/mol. The van der Waals surface area contributed by atoms with E-state index in [0.29, 0.717) is 18.1 Å². The standard InChI is InChI=1S/C12H19NO2/c1-8-6-11(14)10-7-9-4-2-3-5-13(9,15)12(8)10/h8-10,12H,2-7H2,1H3/t8-,9-,10+,12?,13?/m0/s1. The van der Waals surface area contributed by atoms with Crippen molar-refractivity contribution in [2.75, 3.05) is 6.54 Å². The Balaban J connectivity index is 1.96. The van der Waals surface area contributed by atoms with Crippen LogP contribution >= 0.6 is 0 Å². The third-order valence-electron chi connectivity index (χ3n) is 4.88. The van der Waals surface area contributed by atoms with Gasteiger partial charge in [0.2, 0.25) is 0 Å². The topological polar surface area (TPSA) is 40.1 Å². The normalized spacial score (nSPS) is 54.1. The Labute approximate surface area is 90.6 Å². The largest absolute Gasteiger partial charge is 0.632 e. The molecule has 2 heterocycles. The van der Waals surface area contributed by atoms with Crippen LogP contribution in [0.2, 0.25) is 0 Å². The number of hydroxylamine groups is 3. The average molecular weight is 209 g/mol. The van der Waals surface area contributed by atoms with Gasteiger partial charge in [0.05, 0.1) is 18.5 Å². The summed E-state index contributed by atoms with van der Waals surface area (Å²) in [5.74, 6) is 0.805. The molecule has 0 N–H and O–H groups in total. The summed E-state index contributed by atoms with van der Waals surface area (Å²) >= 11 is 0. The van der Waals surface area contributed by atoms with Crippen molar-refractivity contribution in [2.24, 2.45) is 11.8 Å². The number of quaternary nitrogens is 1. The first-order valence-electron chi connectivity index (χ1n) is 6.24. The molecule has 84 valence electrons. The smallest absolute Gasteiger partial charge is 0.142 e. The summed E-state index contributed by atoms with van der Waals surface area (Å²) in [4.78, 5) is 11.8. The lowest BCUT2D eigenvalue weighted by molar-refractivity contribution is -0.924. The molecule has 2 aliphatic heterocycles. The first-order chi connectivity index (χ1) is 7.13. The number of carbonyl (C=O) groups excluding carboxylic acids is 1. The van der Waals surface area contributed by atoms with Gasteiger partial charge in [0.1, 0.15) is 11.8 Å². The van der Waals surface area contributed by atoms with Gasteiger partial charge in [0.25, 0.3) is 0 Å². The fourth-order valence-electron chi connectivity index (χ4n) is 4.30. The monoisotopic (exact) mass is 209 g/mol. The Hall–Kier alpha value is -0.410. The van der Waals surface area contributed by atoms with Gasteiger partial charge in [-0.2, -0.15) is 0 Å². The van der Waals surface area contributed by atoms with E-state index in [0.717, 1.165) is 25.8 Å². The van der Waals surface area contributed by atoms with Crippen molar-refractivity contribution in [1.29, 1.82) is 0 Å². The third kappa shape index (κ3) is 1.16. The van der Waals surface area contributed by atoms with Gasteiger partial charge >= 0.3 is 0 Å². The Morgan fingerprint density at radius 3 is 3.00 bits per heavy atom. The van der Waals surface area contributed by atoms with Crippen LogP contribution in [0.4, 0.5) is 0 Å². The highest BCUT2D eigenvalue weighted by Crippen LogP contribution is 2.49. The SMILES string of the molecule is C[C@H]1CC(=O)[C@H]2C[C@@H]3CCCC[N+]3([O-])C21. The van der Waals surface area contributed by atoms with Crippen LogP contribution in [0.5, 0.6) is 0 Å². The molecular weight excluding hydrogens is 190 g/mol. The number of fused-ring (bicyclic) bond motifs is 3. The van der Waals surface area contributed by atoms with Crippen molar-refractivity contribution < 1.29 is 9.44 Å². The van der Waals surface area contributed by atoms with Crippen LogP contribution in [-0.2, 0) is 4.79 Å². The number of rotatable bonds is 0. The molecule has 3 rings (SSSR count). The maximum atomic E-state index is 12.8. The summed E-state index contributed by atoms with van der Waals surface area (Å²) in [6.07, 6.45) is 4.84. The van der Waals surface area contributed by atoms with Gasteiger partial charge in [-0.05, 0) is 19.3 Å². The van der Waals surface area contributed by atoms with Crippen LogP contribution in [0.1, 0.15) is 39.0 Å². The number of hydrogen-bond donors (Lipinski definition) is 0. The fourth-order valence-corrected chi connectivity index (χ4v) is 4.30. The van der Waals surface area contributed by atoms with Crippen molar-refractivity contribution in [3.8, 4) is 0 Å². The number of piperidine rings is 1. The molecule has 3 nitrogen and oxygen atoms in total. The van der Waals surface area contributed by atoms with Crippen LogP contribution in [0.15, 0.2) is 0 Å². The molecule has 1 aliphatic carbocycles. The molecule has 15 heavy (non-hydrogen) atoms. The highest BCUT2D eigenvalue weighted by atomic mass is 16.6. The third-order valence-corrected chi connectivity index (χ3v) is 4.88. The molecule has 1 saturated carbocycles. The molecule has 3 heteroatoms. The molecule has 3 fully saturated rings. The predicted octanol–water partition coefficient (Wildman–Crippen LogP) is 1.85. The minimum absolute atomic E-state index is 0.0163. The first kappa shape index (κ1) is 9.79. The minimum atomic E-state index is -0.0163.